The van der Waals surface area contributed by atoms with Gasteiger partial charge in [0.05, 0.1) is 6.61 Å². The Kier molecular flexibility index (Phi) is 3.04. The van der Waals surface area contributed by atoms with E-state index in [0.29, 0.717) is 6.61 Å². The Morgan fingerprint density at radius 2 is 2.40 bits per heavy atom. The average molecular weight is 150 g/mol. The van der Waals surface area contributed by atoms with Crippen molar-refractivity contribution in [2.24, 2.45) is 0 Å². The fraction of sp³-hybridized carbons (Fsp3) is 1.00. The van der Waals surface area contributed by atoms with Crippen LogP contribution in [-0.2, 0) is 14.5 Å². The third kappa shape index (κ3) is 3.09. The van der Waals surface area contributed by atoms with Gasteiger partial charge in [-0.05, 0) is 0 Å². The van der Waals surface area contributed by atoms with Crippen molar-refractivity contribution in [3.8, 4) is 0 Å². The molecule has 0 aromatic carbocycles. The molecule has 0 aliphatic carbocycles. The van der Waals surface area contributed by atoms with Gasteiger partial charge in [-0.15, -0.1) is 0 Å². The average Bonchev–Trinajstić information content (AvgIpc) is 2.71. The number of aliphatic hydroxyl groups excluding tert-OH is 2. The fourth-order valence-corrected chi connectivity index (χ4v) is 0.341. The predicted octanol–water partition coefficient (Wildman–Crippen LogP) is -1.36. The Hall–Kier alpha value is -0.200. The molecule has 1 aliphatic heterocycles. The molecule has 5 nitrogen and oxygen atoms in total. The zero-order valence-corrected chi connectivity index (χ0v) is 5.40. The lowest BCUT2D eigenvalue weighted by Crippen LogP contribution is -2.19. The topological polar surface area (TPSA) is 71.5 Å². The molecule has 1 saturated heterocycles. The first-order valence-corrected chi connectivity index (χ1v) is 3.01. The number of hydrogen-bond donors (Lipinski definition) is 2. The summed E-state index contributed by atoms with van der Waals surface area (Å²) in [7, 11) is 0. The summed E-state index contributed by atoms with van der Waals surface area (Å²) in [6, 6.07) is 0. The quantitative estimate of drug-likeness (QED) is 0.288. The van der Waals surface area contributed by atoms with Crippen molar-refractivity contribution >= 4 is 0 Å². The van der Waals surface area contributed by atoms with Gasteiger partial charge in [0.1, 0.15) is 19.3 Å². The number of epoxide rings is 1. The molecule has 60 valence electrons. The maximum atomic E-state index is 8.70. The van der Waals surface area contributed by atoms with E-state index >= 15 is 0 Å². The monoisotopic (exact) mass is 150 g/mol. The van der Waals surface area contributed by atoms with Gasteiger partial charge in [0.25, 0.3) is 0 Å². The highest BCUT2D eigenvalue weighted by molar-refractivity contribution is 4.52. The molecule has 0 aromatic rings. The maximum absolute atomic E-state index is 8.70. The minimum atomic E-state index is -0.876. The van der Waals surface area contributed by atoms with Gasteiger partial charge in [-0.25, -0.2) is 9.78 Å². The largest absolute Gasteiger partial charge is 0.394 e. The predicted molar refractivity (Wildman–Crippen MR) is 29.9 cm³/mol. The lowest BCUT2D eigenvalue weighted by molar-refractivity contribution is -0.329. The van der Waals surface area contributed by atoms with Gasteiger partial charge in [0, 0.05) is 0 Å². The molecule has 0 saturated carbocycles. The van der Waals surface area contributed by atoms with Crippen molar-refractivity contribution in [1.82, 2.24) is 0 Å². The van der Waals surface area contributed by atoms with Crippen LogP contribution in [0, 0.1) is 0 Å². The van der Waals surface area contributed by atoms with Crippen LogP contribution in [0.2, 0.25) is 0 Å². The van der Waals surface area contributed by atoms with E-state index in [-0.39, 0.29) is 19.5 Å². The Bertz CT molecular complexity index is 92.0. The van der Waals surface area contributed by atoms with Crippen molar-refractivity contribution < 1.29 is 24.7 Å². The Labute approximate surface area is 58.1 Å². The summed E-state index contributed by atoms with van der Waals surface area (Å²) in [5.74, 6) is 0. The van der Waals surface area contributed by atoms with Crippen LogP contribution in [0.25, 0.3) is 0 Å². The number of ether oxygens (including phenoxy) is 1. The SMILES string of the molecule is OCC(O)COOC1CO1. The minimum absolute atomic E-state index is 0.0314. The highest BCUT2D eigenvalue weighted by Gasteiger charge is 2.24. The molecule has 0 aromatic heterocycles. The summed E-state index contributed by atoms with van der Waals surface area (Å²) in [5, 5.41) is 17.0. The van der Waals surface area contributed by atoms with E-state index in [2.05, 4.69) is 14.5 Å². The Morgan fingerprint density at radius 1 is 1.70 bits per heavy atom. The number of aliphatic hydroxyl groups is 2. The van der Waals surface area contributed by atoms with Crippen molar-refractivity contribution in [2.45, 2.75) is 12.4 Å². The van der Waals surface area contributed by atoms with E-state index < -0.39 is 6.10 Å². The molecule has 0 amide bonds. The zero-order chi connectivity index (χ0) is 7.40. The third-order valence-corrected chi connectivity index (χ3v) is 0.949. The van der Waals surface area contributed by atoms with Crippen LogP contribution in [0.1, 0.15) is 0 Å². The molecule has 1 aliphatic rings. The summed E-state index contributed by atoms with van der Waals surface area (Å²) in [6.45, 7) is 0.181. The van der Waals surface area contributed by atoms with E-state index in [9.17, 15) is 0 Å². The molecule has 0 spiro atoms. The van der Waals surface area contributed by atoms with Gasteiger partial charge in [-0.3, -0.25) is 0 Å². The molecular formula is C5H10O5. The van der Waals surface area contributed by atoms with Crippen LogP contribution in [-0.4, -0.2) is 42.4 Å². The van der Waals surface area contributed by atoms with E-state index in [4.69, 9.17) is 10.2 Å². The smallest absolute Gasteiger partial charge is 0.215 e. The van der Waals surface area contributed by atoms with Gasteiger partial charge < -0.3 is 14.9 Å². The van der Waals surface area contributed by atoms with Crippen LogP contribution >= 0.6 is 0 Å². The molecule has 1 rings (SSSR count). The minimum Gasteiger partial charge on any atom is -0.394 e. The van der Waals surface area contributed by atoms with Crippen molar-refractivity contribution in [3.05, 3.63) is 0 Å². The molecular weight excluding hydrogens is 140 g/mol. The number of hydrogen-bond acceptors (Lipinski definition) is 5. The standard InChI is InChI=1S/C5H10O5/c6-1-4(7)2-9-10-5-3-8-5/h4-7H,1-3H2. The van der Waals surface area contributed by atoms with Gasteiger partial charge in [-0.1, -0.05) is 0 Å². The van der Waals surface area contributed by atoms with Crippen LogP contribution in [0.3, 0.4) is 0 Å². The van der Waals surface area contributed by atoms with E-state index in [1.165, 1.54) is 0 Å². The van der Waals surface area contributed by atoms with Crippen LogP contribution in [0.4, 0.5) is 0 Å². The summed E-state index contributed by atoms with van der Waals surface area (Å²) >= 11 is 0. The van der Waals surface area contributed by atoms with E-state index in [0.717, 1.165) is 0 Å². The normalized spacial score (nSPS) is 26.4. The highest BCUT2D eigenvalue weighted by atomic mass is 17.2. The lowest BCUT2D eigenvalue weighted by Gasteiger charge is -2.04. The molecule has 10 heavy (non-hydrogen) atoms. The molecule has 0 bridgehead atoms. The van der Waals surface area contributed by atoms with Crippen LogP contribution < -0.4 is 0 Å². The zero-order valence-electron chi connectivity index (χ0n) is 5.40. The van der Waals surface area contributed by atoms with E-state index in [1.54, 1.807) is 0 Å². The van der Waals surface area contributed by atoms with Gasteiger partial charge in [-0.2, -0.15) is 0 Å². The first-order chi connectivity index (χ1) is 4.83. The molecule has 1 fully saturated rings. The summed E-state index contributed by atoms with van der Waals surface area (Å²) in [5.41, 5.74) is 0. The van der Waals surface area contributed by atoms with Crippen molar-refractivity contribution in [3.63, 3.8) is 0 Å². The summed E-state index contributed by atoms with van der Waals surface area (Å²) in [4.78, 5) is 9.01. The summed E-state index contributed by atoms with van der Waals surface area (Å²) < 4.78 is 4.63. The van der Waals surface area contributed by atoms with Crippen molar-refractivity contribution in [2.75, 3.05) is 19.8 Å². The Balaban J connectivity index is 1.83. The van der Waals surface area contributed by atoms with E-state index in [1.807, 2.05) is 0 Å². The van der Waals surface area contributed by atoms with Gasteiger partial charge in [0.15, 0.2) is 0 Å². The maximum Gasteiger partial charge on any atom is 0.215 e. The first kappa shape index (κ1) is 7.90. The fourth-order valence-electron chi connectivity index (χ4n) is 0.341. The lowest BCUT2D eigenvalue weighted by atomic mass is 10.4. The molecule has 1 heterocycles. The molecule has 5 heteroatoms. The molecule has 2 unspecified atom stereocenters. The second-order valence-corrected chi connectivity index (χ2v) is 1.98. The summed E-state index contributed by atoms with van der Waals surface area (Å²) in [6.07, 6.45) is -1.15. The van der Waals surface area contributed by atoms with Crippen LogP contribution in [0.5, 0.6) is 0 Å². The third-order valence-electron chi connectivity index (χ3n) is 0.949. The molecule has 2 N–H and O–H groups in total. The van der Waals surface area contributed by atoms with Crippen molar-refractivity contribution in [1.29, 1.82) is 0 Å². The van der Waals surface area contributed by atoms with Gasteiger partial charge in [0.2, 0.25) is 6.29 Å². The highest BCUT2D eigenvalue weighted by Crippen LogP contribution is 2.10. The molecule has 0 radical (unpaired) electrons. The second kappa shape index (κ2) is 3.85. The molecule has 2 atom stereocenters. The Morgan fingerprint density at radius 3 is 2.90 bits per heavy atom. The van der Waals surface area contributed by atoms with Gasteiger partial charge >= 0.3 is 0 Å². The number of rotatable bonds is 5. The van der Waals surface area contributed by atoms with Crippen LogP contribution in [0.15, 0.2) is 0 Å². The second-order valence-electron chi connectivity index (χ2n) is 1.98. The first-order valence-electron chi connectivity index (χ1n) is 3.01.